The molecule has 21 heavy (non-hydrogen) atoms. The molecule has 0 heterocycles. The molecule has 1 aromatic rings. The van der Waals surface area contributed by atoms with Crippen LogP contribution in [0.5, 0.6) is 0 Å². The fourth-order valence-electron chi connectivity index (χ4n) is 1.22. The number of amides is 2. The summed E-state index contributed by atoms with van der Waals surface area (Å²) in [6.45, 7) is -1.39. The van der Waals surface area contributed by atoms with Crippen molar-refractivity contribution < 1.29 is 27.2 Å². The van der Waals surface area contributed by atoms with E-state index in [4.69, 9.17) is 0 Å². The number of carbonyl (C=O) groups is 2. The van der Waals surface area contributed by atoms with E-state index >= 15 is 0 Å². The average Bonchev–Trinajstić information content (AvgIpc) is 2.38. The second-order valence-corrected chi connectivity index (χ2v) is 4.93. The molecule has 0 aliphatic carbocycles. The van der Waals surface area contributed by atoms with Gasteiger partial charge in [-0.05, 0) is 24.3 Å². The number of halogens is 4. The molecule has 0 saturated carbocycles. The largest absolute Gasteiger partial charge is 0.405 e. The van der Waals surface area contributed by atoms with Crippen molar-refractivity contribution in [2.75, 3.05) is 23.4 Å². The SMILES string of the molecule is O=C(CSCC(=O)Nc1ccc(F)cc1)NCC(F)(F)F. The maximum absolute atomic E-state index is 12.6. The fourth-order valence-corrected chi connectivity index (χ4v) is 1.86. The molecule has 0 aliphatic heterocycles. The van der Waals surface area contributed by atoms with Crippen LogP contribution in [-0.2, 0) is 9.59 Å². The van der Waals surface area contributed by atoms with Crippen molar-refractivity contribution >= 4 is 29.3 Å². The van der Waals surface area contributed by atoms with E-state index in [0.29, 0.717) is 5.69 Å². The number of benzene rings is 1. The lowest BCUT2D eigenvalue weighted by Crippen LogP contribution is -2.35. The van der Waals surface area contributed by atoms with Crippen LogP contribution in [0.4, 0.5) is 23.2 Å². The summed E-state index contributed by atoms with van der Waals surface area (Å²) in [4.78, 5) is 22.5. The van der Waals surface area contributed by atoms with Gasteiger partial charge in [-0.15, -0.1) is 11.8 Å². The molecule has 4 nitrogen and oxygen atoms in total. The van der Waals surface area contributed by atoms with Crippen molar-refractivity contribution in [1.29, 1.82) is 0 Å². The minimum atomic E-state index is -4.46. The van der Waals surface area contributed by atoms with E-state index in [1.165, 1.54) is 24.3 Å². The summed E-state index contributed by atoms with van der Waals surface area (Å²) in [7, 11) is 0. The van der Waals surface area contributed by atoms with E-state index in [2.05, 4.69) is 5.32 Å². The minimum absolute atomic E-state index is 0.100. The van der Waals surface area contributed by atoms with Crippen molar-refractivity contribution in [2.24, 2.45) is 0 Å². The van der Waals surface area contributed by atoms with E-state index < -0.39 is 30.4 Å². The zero-order valence-corrected chi connectivity index (χ0v) is 11.5. The molecular weight excluding hydrogens is 312 g/mol. The van der Waals surface area contributed by atoms with Crippen LogP contribution < -0.4 is 10.6 Å². The smallest absolute Gasteiger partial charge is 0.346 e. The molecule has 0 radical (unpaired) electrons. The van der Waals surface area contributed by atoms with Crippen LogP contribution in [0.15, 0.2) is 24.3 Å². The molecule has 0 bridgehead atoms. The van der Waals surface area contributed by atoms with E-state index in [1.54, 1.807) is 5.32 Å². The van der Waals surface area contributed by atoms with Crippen LogP contribution in [0, 0.1) is 5.82 Å². The van der Waals surface area contributed by atoms with Gasteiger partial charge in [0, 0.05) is 5.69 Å². The summed E-state index contributed by atoms with van der Waals surface area (Å²) in [6.07, 6.45) is -4.46. The molecule has 0 aromatic heterocycles. The number of nitrogens with one attached hydrogen (secondary N) is 2. The lowest BCUT2D eigenvalue weighted by atomic mass is 10.3. The van der Waals surface area contributed by atoms with E-state index in [-0.39, 0.29) is 11.5 Å². The highest BCUT2D eigenvalue weighted by atomic mass is 32.2. The molecule has 116 valence electrons. The summed E-state index contributed by atoms with van der Waals surface area (Å²) < 4.78 is 48.1. The Morgan fingerprint density at radius 2 is 1.62 bits per heavy atom. The van der Waals surface area contributed by atoms with Crippen LogP contribution >= 0.6 is 11.8 Å². The number of hydrogen-bond donors (Lipinski definition) is 2. The predicted molar refractivity (Wildman–Crippen MR) is 71.4 cm³/mol. The van der Waals surface area contributed by atoms with Crippen molar-refractivity contribution in [2.45, 2.75) is 6.18 Å². The molecule has 0 saturated heterocycles. The number of thioether (sulfide) groups is 1. The first-order valence-electron chi connectivity index (χ1n) is 5.73. The van der Waals surface area contributed by atoms with Gasteiger partial charge in [0.2, 0.25) is 11.8 Å². The highest BCUT2D eigenvalue weighted by molar-refractivity contribution is 8.00. The number of hydrogen-bond acceptors (Lipinski definition) is 3. The standard InChI is InChI=1S/C12H12F4N2O2S/c13-8-1-3-9(4-2-8)18-11(20)6-21-5-10(19)17-7-12(14,15)16/h1-4H,5-7H2,(H,17,19)(H,18,20). The predicted octanol–water partition coefficient (Wildman–Crippen LogP) is 2.18. The summed E-state index contributed by atoms with van der Waals surface area (Å²) in [5.41, 5.74) is 0.392. The molecule has 0 aliphatic rings. The first kappa shape index (κ1) is 17.3. The maximum Gasteiger partial charge on any atom is 0.405 e. The second kappa shape index (κ2) is 7.87. The topological polar surface area (TPSA) is 58.2 Å². The Bertz CT molecular complexity index is 491. The lowest BCUT2D eigenvalue weighted by Gasteiger charge is -2.08. The maximum atomic E-state index is 12.6. The van der Waals surface area contributed by atoms with Crippen LogP contribution in [0.3, 0.4) is 0 Å². The first-order valence-corrected chi connectivity index (χ1v) is 6.88. The number of rotatable bonds is 6. The van der Waals surface area contributed by atoms with Gasteiger partial charge in [-0.25, -0.2) is 4.39 Å². The average molecular weight is 324 g/mol. The van der Waals surface area contributed by atoms with Gasteiger partial charge < -0.3 is 10.6 Å². The quantitative estimate of drug-likeness (QED) is 0.789. The summed E-state index contributed by atoms with van der Waals surface area (Å²) >= 11 is 0.877. The fraction of sp³-hybridized carbons (Fsp3) is 0.333. The van der Waals surface area contributed by atoms with Crippen molar-refractivity contribution in [3.8, 4) is 0 Å². The van der Waals surface area contributed by atoms with Gasteiger partial charge in [-0.1, -0.05) is 0 Å². The van der Waals surface area contributed by atoms with Gasteiger partial charge in [-0.3, -0.25) is 9.59 Å². The Morgan fingerprint density at radius 1 is 1.05 bits per heavy atom. The Morgan fingerprint density at radius 3 is 2.19 bits per heavy atom. The van der Waals surface area contributed by atoms with Crippen molar-refractivity contribution in [3.63, 3.8) is 0 Å². The molecule has 0 fully saturated rings. The third-order valence-corrected chi connectivity index (χ3v) is 3.01. The van der Waals surface area contributed by atoms with Crippen LogP contribution in [0.1, 0.15) is 0 Å². The van der Waals surface area contributed by atoms with E-state index in [0.717, 1.165) is 11.8 Å². The monoisotopic (exact) mass is 324 g/mol. The van der Waals surface area contributed by atoms with E-state index in [1.807, 2.05) is 0 Å². The van der Waals surface area contributed by atoms with Crippen LogP contribution in [-0.4, -0.2) is 36.0 Å². The van der Waals surface area contributed by atoms with Crippen LogP contribution in [0.2, 0.25) is 0 Å². The third kappa shape index (κ3) is 8.18. The molecule has 9 heteroatoms. The van der Waals surface area contributed by atoms with E-state index in [9.17, 15) is 27.2 Å². The van der Waals surface area contributed by atoms with Gasteiger partial charge in [0.05, 0.1) is 11.5 Å². The summed E-state index contributed by atoms with van der Waals surface area (Å²) in [5, 5.41) is 4.16. The van der Waals surface area contributed by atoms with Crippen molar-refractivity contribution in [3.05, 3.63) is 30.1 Å². The van der Waals surface area contributed by atoms with Gasteiger partial charge in [0.1, 0.15) is 12.4 Å². The zero-order valence-electron chi connectivity index (χ0n) is 10.7. The molecule has 0 unspecified atom stereocenters. The van der Waals surface area contributed by atoms with Gasteiger partial charge in [-0.2, -0.15) is 13.2 Å². The molecule has 0 atom stereocenters. The molecule has 2 N–H and O–H groups in total. The normalized spacial score (nSPS) is 11.0. The Hall–Kier alpha value is -1.77. The van der Waals surface area contributed by atoms with Gasteiger partial charge in [0.15, 0.2) is 0 Å². The number of alkyl halides is 3. The highest BCUT2D eigenvalue weighted by Crippen LogP contribution is 2.12. The Kier molecular flexibility index (Phi) is 6.47. The molecular formula is C12H12F4N2O2S. The lowest BCUT2D eigenvalue weighted by molar-refractivity contribution is -0.136. The Balaban J connectivity index is 2.21. The zero-order chi connectivity index (χ0) is 15.9. The summed E-state index contributed by atoms with van der Waals surface area (Å²) in [6, 6.07) is 5.09. The van der Waals surface area contributed by atoms with Gasteiger partial charge >= 0.3 is 6.18 Å². The minimum Gasteiger partial charge on any atom is -0.346 e. The molecule has 0 spiro atoms. The van der Waals surface area contributed by atoms with Crippen molar-refractivity contribution in [1.82, 2.24) is 5.32 Å². The molecule has 1 aromatic carbocycles. The number of carbonyl (C=O) groups excluding carboxylic acids is 2. The number of anilines is 1. The first-order chi connectivity index (χ1) is 9.76. The van der Waals surface area contributed by atoms with Gasteiger partial charge in [0.25, 0.3) is 0 Å². The molecule has 2 amide bonds. The third-order valence-electron chi connectivity index (χ3n) is 2.08. The summed E-state index contributed by atoms with van der Waals surface area (Å²) in [5.74, 6) is -2.03. The van der Waals surface area contributed by atoms with Crippen LogP contribution in [0.25, 0.3) is 0 Å². The molecule has 1 rings (SSSR count). The second-order valence-electron chi connectivity index (χ2n) is 3.94. The highest BCUT2D eigenvalue weighted by Gasteiger charge is 2.27. The Labute approximate surface area is 122 Å².